The van der Waals surface area contributed by atoms with Crippen molar-refractivity contribution in [1.29, 1.82) is 0 Å². The number of H-pyrrole nitrogens is 1. The lowest BCUT2D eigenvalue weighted by Crippen LogP contribution is -2.32. The second kappa shape index (κ2) is 8.62. The minimum absolute atomic E-state index is 0.00635. The highest BCUT2D eigenvalue weighted by Crippen LogP contribution is 2.22. The molecule has 0 fully saturated rings. The Morgan fingerprint density at radius 1 is 1.24 bits per heavy atom. The highest BCUT2D eigenvalue weighted by molar-refractivity contribution is 7.15. The zero-order chi connectivity index (χ0) is 18.4. The first kappa shape index (κ1) is 18.9. The van der Waals surface area contributed by atoms with Crippen LogP contribution in [0.15, 0.2) is 0 Å². The maximum absolute atomic E-state index is 11.9. The van der Waals surface area contributed by atoms with E-state index in [0.29, 0.717) is 16.8 Å². The summed E-state index contributed by atoms with van der Waals surface area (Å²) in [6, 6.07) is -0.711. The highest BCUT2D eigenvalue weighted by atomic mass is 32.1. The highest BCUT2D eigenvalue weighted by Gasteiger charge is 2.18. The van der Waals surface area contributed by atoms with Crippen LogP contribution in [-0.2, 0) is 9.59 Å². The van der Waals surface area contributed by atoms with Crippen molar-refractivity contribution < 1.29 is 14.7 Å². The van der Waals surface area contributed by atoms with Gasteiger partial charge in [0.2, 0.25) is 16.9 Å². The standard InChI is InChI=1S/C14H21N7O3S/c1-7(2)13-20-21-14(25-13)17-11(24)5-4-10(23)16-9(6-22)12-15-8(3)18-19-12/h7,9,22H,4-6H2,1-3H3,(H,16,23)(H,15,18,19)(H,17,21,24)/t9-/m1/s1. The molecule has 2 heterocycles. The van der Waals surface area contributed by atoms with E-state index in [1.165, 1.54) is 11.3 Å². The number of carbonyl (C=O) groups is 2. The van der Waals surface area contributed by atoms with Crippen LogP contribution in [0, 0.1) is 6.92 Å². The third-order valence-electron chi connectivity index (χ3n) is 3.20. The number of rotatable bonds is 8. The number of hydrogen-bond acceptors (Lipinski definition) is 8. The molecule has 0 radical (unpaired) electrons. The number of nitrogens with zero attached hydrogens (tertiary/aromatic N) is 4. The molecule has 0 aromatic carbocycles. The number of aromatic nitrogens is 5. The van der Waals surface area contributed by atoms with E-state index in [9.17, 15) is 14.7 Å². The summed E-state index contributed by atoms with van der Waals surface area (Å²) in [7, 11) is 0. The van der Waals surface area contributed by atoms with E-state index in [1.54, 1.807) is 6.92 Å². The fraction of sp³-hybridized carbons (Fsp3) is 0.571. The largest absolute Gasteiger partial charge is 0.394 e. The Hall–Kier alpha value is -2.40. The van der Waals surface area contributed by atoms with Crippen LogP contribution >= 0.6 is 11.3 Å². The molecule has 0 aliphatic carbocycles. The Kier molecular flexibility index (Phi) is 6.53. The molecular formula is C14H21N7O3S. The second-order valence-corrected chi connectivity index (χ2v) is 6.74. The van der Waals surface area contributed by atoms with Crippen LogP contribution in [0.5, 0.6) is 0 Å². The number of hydrogen-bond donors (Lipinski definition) is 4. The zero-order valence-electron chi connectivity index (χ0n) is 14.2. The molecule has 11 heteroatoms. The molecule has 1 atom stereocenters. The van der Waals surface area contributed by atoms with Gasteiger partial charge in [0.05, 0.1) is 6.61 Å². The summed E-state index contributed by atoms with van der Waals surface area (Å²) >= 11 is 1.31. The lowest BCUT2D eigenvalue weighted by Gasteiger charge is -2.12. The van der Waals surface area contributed by atoms with Gasteiger partial charge in [-0.25, -0.2) is 4.98 Å². The number of aryl methyl sites for hydroxylation is 1. The lowest BCUT2D eigenvalue weighted by molar-refractivity contribution is -0.125. The predicted octanol–water partition coefficient (Wildman–Crippen LogP) is 0.657. The Bertz CT molecular complexity index is 728. The van der Waals surface area contributed by atoms with Gasteiger partial charge in [-0.3, -0.25) is 14.7 Å². The molecule has 10 nitrogen and oxygen atoms in total. The number of amides is 2. The molecule has 0 bridgehead atoms. The average molecular weight is 367 g/mol. The van der Waals surface area contributed by atoms with E-state index in [2.05, 4.69) is 36.0 Å². The van der Waals surface area contributed by atoms with Crippen molar-refractivity contribution in [3.05, 3.63) is 16.7 Å². The molecule has 0 saturated heterocycles. The summed E-state index contributed by atoms with van der Waals surface area (Å²) in [6.07, 6.45) is -0.0326. The first-order valence-corrected chi connectivity index (χ1v) is 8.63. The van der Waals surface area contributed by atoms with Crippen molar-refractivity contribution in [2.45, 2.75) is 45.6 Å². The summed E-state index contributed by atoms with van der Waals surface area (Å²) in [6.45, 7) is 5.36. The van der Waals surface area contributed by atoms with Gasteiger partial charge in [-0.2, -0.15) is 5.10 Å². The van der Waals surface area contributed by atoms with Crippen LogP contribution < -0.4 is 10.6 Å². The molecule has 136 valence electrons. The number of aromatic amines is 1. The summed E-state index contributed by atoms with van der Waals surface area (Å²) < 4.78 is 0. The molecule has 0 spiro atoms. The third kappa shape index (κ3) is 5.57. The summed E-state index contributed by atoms with van der Waals surface area (Å²) in [5, 5.41) is 30.2. The fourth-order valence-electron chi connectivity index (χ4n) is 1.90. The van der Waals surface area contributed by atoms with Gasteiger partial charge >= 0.3 is 0 Å². The van der Waals surface area contributed by atoms with Gasteiger partial charge in [0.1, 0.15) is 16.9 Å². The van der Waals surface area contributed by atoms with Crippen molar-refractivity contribution in [3.63, 3.8) is 0 Å². The first-order chi connectivity index (χ1) is 11.9. The SMILES string of the molecule is Cc1nc([C@@H](CO)NC(=O)CCC(=O)Nc2nnc(C(C)C)s2)n[nH]1. The maximum atomic E-state index is 11.9. The van der Waals surface area contributed by atoms with Crippen molar-refractivity contribution in [1.82, 2.24) is 30.7 Å². The normalized spacial score (nSPS) is 12.2. The lowest BCUT2D eigenvalue weighted by atomic mass is 10.2. The number of anilines is 1. The minimum Gasteiger partial charge on any atom is -0.394 e. The van der Waals surface area contributed by atoms with E-state index < -0.39 is 6.04 Å². The van der Waals surface area contributed by atoms with Gasteiger partial charge in [-0.05, 0) is 6.92 Å². The molecular weight excluding hydrogens is 346 g/mol. The molecule has 0 saturated carbocycles. The van der Waals surface area contributed by atoms with Crippen molar-refractivity contribution in [2.24, 2.45) is 0 Å². The van der Waals surface area contributed by atoms with Gasteiger partial charge in [0.15, 0.2) is 5.82 Å². The Labute approximate surface area is 148 Å². The van der Waals surface area contributed by atoms with E-state index >= 15 is 0 Å². The van der Waals surface area contributed by atoms with E-state index in [1.807, 2.05) is 13.8 Å². The van der Waals surface area contributed by atoms with E-state index in [4.69, 9.17) is 0 Å². The second-order valence-electron chi connectivity index (χ2n) is 5.73. The molecule has 0 unspecified atom stereocenters. The van der Waals surface area contributed by atoms with Crippen LogP contribution in [0.25, 0.3) is 0 Å². The van der Waals surface area contributed by atoms with Gasteiger partial charge in [0, 0.05) is 18.8 Å². The van der Waals surface area contributed by atoms with Crippen LogP contribution in [0.2, 0.25) is 0 Å². The van der Waals surface area contributed by atoms with Crippen LogP contribution in [0.4, 0.5) is 5.13 Å². The summed E-state index contributed by atoms with van der Waals surface area (Å²) in [5.74, 6) is 0.420. The van der Waals surface area contributed by atoms with Gasteiger partial charge in [0.25, 0.3) is 0 Å². The Morgan fingerprint density at radius 2 is 1.96 bits per heavy atom. The predicted molar refractivity (Wildman–Crippen MR) is 91.0 cm³/mol. The van der Waals surface area contributed by atoms with Crippen LogP contribution in [0.1, 0.15) is 55.3 Å². The van der Waals surface area contributed by atoms with E-state index in [-0.39, 0.29) is 37.2 Å². The van der Waals surface area contributed by atoms with E-state index in [0.717, 1.165) is 5.01 Å². The third-order valence-corrected chi connectivity index (χ3v) is 4.34. The smallest absolute Gasteiger partial charge is 0.226 e. The molecule has 25 heavy (non-hydrogen) atoms. The molecule has 2 rings (SSSR count). The number of carbonyl (C=O) groups excluding carboxylic acids is 2. The van der Waals surface area contributed by atoms with Crippen molar-refractivity contribution in [2.75, 3.05) is 11.9 Å². The number of nitrogens with one attached hydrogen (secondary N) is 3. The molecule has 4 N–H and O–H groups in total. The molecule has 0 aliphatic heterocycles. The van der Waals surface area contributed by atoms with Gasteiger partial charge in [-0.15, -0.1) is 10.2 Å². The number of aliphatic hydroxyl groups is 1. The average Bonchev–Trinajstić information content (AvgIpc) is 3.20. The van der Waals surface area contributed by atoms with Crippen molar-refractivity contribution >= 4 is 28.3 Å². The van der Waals surface area contributed by atoms with Crippen LogP contribution in [0.3, 0.4) is 0 Å². The molecule has 2 aromatic rings. The monoisotopic (exact) mass is 367 g/mol. The maximum Gasteiger partial charge on any atom is 0.226 e. The topological polar surface area (TPSA) is 146 Å². The first-order valence-electron chi connectivity index (χ1n) is 7.81. The quantitative estimate of drug-likeness (QED) is 0.536. The van der Waals surface area contributed by atoms with Gasteiger partial charge < -0.3 is 15.7 Å². The molecule has 0 aliphatic rings. The molecule has 2 aromatic heterocycles. The van der Waals surface area contributed by atoms with Gasteiger partial charge in [-0.1, -0.05) is 25.2 Å². The van der Waals surface area contributed by atoms with Crippen LogP contribution in [-0.4, -0.2) is 48.9 Å². The zero-order valence-corrected chi connectivity index (χ0v) is 15.1. The Balaban J connectivity index is 1.79. The minimum atomic E-state index is -0.711. The molecule has 2 amide bonds. The van der Waals surface area contributed by atoms with Crippen molar-refractivity contribution in [3.8, 4) is 0 Å². The summed E-state index contributed by atoms with van der Waals surface area (Å²) in [5.41, 5.74) is 0. The summed E-state index contributed by atoms with van der Waals surface area (Å²) in [4.78, 5) is 27.9. The number of aliphatic hydroxyl groups excluding tert-OH is 1. The Morgan fingerprint density at radius 3 is 2.52 bits per heavy atom. The fourth-order valence-corrected chi connectivity index (χ4v) is 2.66.